The van der Waals surface area contributed by atoms with Crippen LogP contribution in [0.3, 0.4) is 0 Å². The summed E-state index contributed by atoms with van der Waals surface area (Å²) >= 11 is 6.07. The van der Waals surface area contributed by atoms with Crippen molar-refractivity contribution < 1.29 is 13.2 Å². The van der Waals surface area contributed by atoms with Crippen LogP contribution in [0.15, 0.2) is 24.3 Å². The number of hydrogen-bond acceptors (Lipinski definition) is 1. The van der Waals surface area contributed by atoms with Crippen molar-refractivity contribution in [1.82, 2.24) is 0 Å². The first kappa shape index (κ1) is 13.7. The summed E-state index contributed by atoms with van der Waals surface area (Å²) in [5, 5.41) is 0.533. The molecule has 0 unspecified atom stereocenters. The second-order valence-electron chi connectivity index (χ2n) is 4.95. The quantitative estimate of drug-likeness (QED) is 0.816. The van der Waals surface area contributed by atoms with Gasteiger partial charge in [-0.25, -0.2) is 0 Å². The molecule has 1 fully saturated rings. The zero-order chi connectivity index (χ0) is 13.4. The zero-order valence-electron chi connectivity index (χ0n) is 9.80. The Morgan fingerprint density at radius 1 is 1.17 bits per heavy atom. The summed E-state index contributed by atoms with van der Waals surface area (Å²) < 4.78 is 37.8. The highest BCUT2D eigenvalue weighted by Crippen LogP contribution is 2.45. The lowest BCUT2D eigenvalue weighted by molar-refractivity contribution is -0.184. The van der Waals surface area contributed by atoms with E-state index in [9.17, 15) is 13.2 Å². The van der Waals surface area contributed by atoms with Gasteiger partial charge in [0.25, 0.3) is 0 Å². The highest BCUT2D eigenvalue weighted by atomic mass is 35.5. The van der Waals surface area contributed by atoms with Crippen LogP contribution in [0.5, 0.6) is 0 Å². The first-order valence-corrected chi connectivity index (χ1v) is 6.31. The molecule has 1 saturated carbocycles. The van der Waals surface area contributed by atoms with Gasteiger partial charge in [0.2, 0.25) is 0 Å². The molecule has 1 aliphatic rings. The van der Waals surface area contributed by atoms with Crippen molar-refractivity contribution in [2.45, 2.75) is 37.4 Å². The van der Waals surface area contributed by atoms with Crippen molar-refractivity contribution in [1.29, 1.82) is 0 Å². The number of nitrogens with two attached hydrogens (primary N) is 1. The largest absolute Gasteiger partial charge is 0.391 e. The van der Waals surface area contributed by atoms with E-state index < -0.39 is 17.6 Å². The predicted molar refractivity (Wildman–Crippen MR) is 65.3 cm³/mol. The molecule has 0 atom stereocenters. The van der Waals surface area contributed by atoms with Gasteiger partial charge in [0.15, 0.2) is 0 Å². The van der Waals surface area contributed by atoms with E-state index in [4.69, 9.17) is 17.3 Å². The van der Waals surface area contributed by atoms with Crippen LogP contribution in [0.4, 0.5) is 13.2 Å². The lowest BCUT2D eigenvalue weighted by Gasteiger charge is -2.38. The van der Waals surface area contributed by atoms with Gasteiger partial charge in [0.05, 0.1) is 5.92 Å². The van der Waals surface area contributed by atoms with Crippen LogP contribution in [0.25, 0.3) is 0 Å². The van der Waals surface area contributed by atoms with Crippen molar-refractivity contribution in [3.05, 3.63) is 34.9 Å². The first-order valence-electron chi connectivity index (χ1n) is 5.93. The molecule has 0 heterocycles. The molecule has 0 aromatic heterocycles. The minimum Gasteiger partial charge on any atom is -0.321 e. The molecule has 2 rings (SSSR count). The number of benzene rings is 1. The maximum atomic E-state index is 12.6. The van der Waals surface area contributed by atoms with Gasteiger partial charge < -0.3 is 5.73 Å². The maximum absolute atomic E-state index is 12.6. The van der Waals surface area contributed by atoms with Gasteiger partial charge in [-0.1, -0.05) is 29.8 Å². The fourth-order valence-electron chi connectivity index (χ4n) is 2.59. The molecule has 0 bridgehead atoms. The summed E-state index contributed by atoms with van der Waals surface area (Å²) in [5.41, 5.74) is 6.27. The highest BCUT2D eigenvalue weighted by molar-refractivity contribution is 6.31. The Bertz CT molecular complexity index is 422. The Morgan fingerprint density at radius 3 is 2.22 bits per heavy atom. The van der Waals surface area contributed by atoms with Gasteiger partial charge >= 0.3 is 6.18 Å². The van der Waals surface area contributed by atoms with Crippen molar-refractivity contribution in [3.63, 3.8) is 0 Å². The third-order valence-corrected chi connectivity index (χ3v) is 4.08. The van der Waals surface area contributed by atoms with Crippen LogP contribution in [-0.2, 0) is 5.54 Å². The molecule has 0 aliphatic heterocycles. The highest BCUT2D eigenvalue weighted by Gasteiger charge is 2.45. The minimum atomic E-state index is -4.11. The average Bonchev–Trinajstić information content (AvgIpc) is 2.28. The molecule has 5 heteroatoms. The number of rotatable bonds is 1. The molecule has 100 valence electrons. The Labute approximate surface area is 109 Å². The summed E-state index contributed by atoms with van der Waals surface area (Å²) in [6.45, 7) is 0. The van der Waals surface area contributed by atoms with Crippen LogP contribution >= 0.6 is 11.6 Å². The summed E-state index contributed by atoms with van der Waals surface area (Å²) in [6.07, 6.45) is -3.32. The number of hydrogen-bond donors (Lipinski definition) is 1. The van der Waals surface area contributed by atoms with Crippen LogP contribution in [0.2, 0.25) is 5.02 Å². The molecule has 0 spiro atoms. The maximum Gasteiger partial charge on any atom is 0.391 e. The fourth-order valence-corrected chi connectivity index (χ4v) is 2.92. The van der Waals surface area contributed by atoms with Crippen LogP contribution in [0.1, 0.15) is 31.2 Å². The van der Waals surface area contributed by atoms with Crippen molar-refractivity contribution in [2.75, 3.05) is 0 Å². The molecular weight excluding hydrogens is 263 g/mol. The van der Waals surface area contributed by atoms with Gasteiger partial charge in [-0.05, 0) is 37.3 Å². The molecular formula is C13H15ClF3N. The Kier molecular flexibility index (Phi) is 3.60. The van der Waals surface area contributed by atoms with Gasteiger partial charge in [-0.2, -0.15) is 13.2 Å². The second kappa shape index (κ2) is 4.74. The Morgan fingerprint density at radius 2 is 1.72 bits per heavy atom. The number of halogens is 4. The summed E-state index contributed by atoms with van der Waals surface area (Å²) in [6, 6.07) is 7.12. The third-order valence-electron chi connectivity index (χ3n) is 3.75. The fraction of sp³-hybridized carbons (Fsp3) is 0.538. The number of alkyl halides is 3. The molecule has 2 N–H and O–H groups in total. The Balaban J connectivity index is 2.15. The SMILES string of the molecule is NC1(c2ccccc2Cl)CCC(C(F)(F)F)CC1. The Hall–Kier alpha value is -0.740. The van der Waals surface area contributed by atoms with Crippen molar-refractivity contribution >= 4 is 11.6 Å². The van der Waals surface area contributed by atoms with Gasteiger partial charge in [0.1, 0.15) is 0 Å². The third kappa shape index (κ3) is 2.64. The molecule has 1 nitrogen and oxygen atoms in total. The molecule has 0 saturated heterocycles. The molecule has 1 aliphatic carbocycles. The average molecular weight is 278 g/mol. The van der Waals surface area contributed by atoms with E-state index in [1.807, 2.05) is 6.07 Å². The zero-order valence-corrected chi connectivity index (χ0v) is 10.6. The summed E-state index contributed by atoms with van der Waals surface area (Å²) in [5.74, 6) is -1.23. The minimum absolute atomic E-state index is 0.0746. The lowest BCUT2D eigenvalue weighted by Crippen LogP contribution is -2.43. The lowest BCUT2D eigenvalue weighted by atomic mass is 9.73. The smallest absolute Gasteiger partial charge is 0.321 e. The molecule has 1 aromatic rings. The molecule has 1 aromatic carbocycles. The summed E-state index contributed by atoms with van der Waals surface area (Å²) in [7, 11) is 0. The van der Waals surface area contributed by atoms with Crippen LogP contribution in [0, 0.1) is 5.92 Å². The van der Waals surface area contributed by atoms with E-state index in [0.29, 0.717) is 17.9 Å². The van der Waals surface area contributed by atoms with E-state index in [2.05, 4.69) is 0 Å². The summed E-state index contributed by atoms with van der Waals surface area (Å²) in [4.78, 5) is 0. The van der Waals surface area contributed by atoms with Crippen LogP contribution < -0.4 is 5.73 Å². The topological polar surface area (TPSA) is 26.0 Å². The molecule has 18 heavy (non-hydrogen) atoms. The van der Waals surface area contributed by atoms with E-state index in [1.54, 1.807) is 18.2 Å². The van der Waals surface area contributed by atoms with E-state index >= 15 is 0 Å². The molecule has 0 radical (unpaired) electrons. The van der Waals surface area contributed by atoms with E-state index in [0.717, 1.165) is 5.56 Å². The normalized spacial score (nSPS) is 29.3. The standard InChI is InChI=1S/C13H15ClF3N/c14-11-4-2-1-3-10(11)12(18)7-5-9(6-8-12)13(15,16)17/h1-4,9H,5-8,18H2. The second-order valence-corrected chi connectivity index (χ2v) is 5.36. The van der Waals surface area contributed by atoms with Gasteiger partial charge in [-0.15, -0.1) is 0 Å². The first-order chi connectivity index (χ1) is 8.33. The van der Waals surface area contributed by atoms with Gasteiger partial charge in [-0.3, -0.25) is 0 Å². The monoisotopic (exact) mass is 277 g/mol. The van der Waals surface area contributed by atoms with Crippen molar-refractivity contribution in [3.8, 4) is 0 Å². The predicted octanol–water partition coefficient (Wildman–Crippen LogP) is 4.25. The van der Waals surface area contributed by atoms with Crippen LogP contribution in [-0.4, -0.2) is 6.18 Å². The van der Waals surface area contributed by atoms with Crippen molar-refractivity contribution in [2.24, 2.45) is 11.7 Å². The van der Waals surface area contributed by atoms with Gasteiger partial charge in [0, 0.05) is 10.6 Å². The molecule has 0 amide bonds. The van der Waals surface area contributed by atoms with E-state index in [1.165, 1.54) is 0 Å². The van der Waals surface area contributed by atoms with E-state index in [-0.39, 0.29) is 12.8 Å².